The molecule has 2 unspecified atom stereocenters. The number of aromatic nitrogens is 1. The van der Waals surface area contributed by atoms with Crippen LogP contribution in [-0.2, 0) is 22.4 Å². The molecule has 1 amide bonds. The molecule has 2 atom stereocenters. The Morgan fingerprint density at radius 3 is 2.16 bits per heavy atom. The SMILES string of the molecule is CC(NC(=O)C(N)Cc1ccc(Oc2ccc(Cc3sc(=O)[nH]c3O)cc2)cc1)C(=O)O. The molecule has 1 aromatic heterocycles. The average Bonchev–Trinajstić information content (AvgIpc) is 3.07. The fourth-order valence-electron chi connectivity index (χ4n) is 2.89. The Balaban J connectivity index is 1.55. The molecule has 0 aliphatic rings. The zero-order valence-corrected chi connectivity index (χ0v) is 18.0. The minimum Gasteiger partial charge on any atom is -0.494 e. The van der Waals surface area contributed by atoms with Gasteiger partial charge >= 0.3 is 10.8 Å². The maximum absolute atomic E-state index is 12.0. The van der Waals surface area contributed by atoms with Crippen LogP contribution in [0.1, 0.15) is 22.9 Å². The highest BCUT2D eigenvalue weighted by Crippen LogP contribution is 2.25. The maximum atomic E-state index is 12.0. The lowest BCUT2D eigenvalue weighted by Crippen LogP contribution is -2.48. The van der Waals surface area contributed by atoms with Crippen LogP contribution >= 0.6 is 11.3 Å². The molecule has 0 saturated heterocycles. The van der Waals surface area contributed by atoms with E-state index in [9.17, 15) is 19.5 Å². The highest BCUT2D eigenvalue weighted by Gasteiger charge is 2.19. The Morgan fingerprint density at radius 2 is 1.66 bits per heavy atom. The van der Waals surface area contributed by atoms with Gasteiger partial charge in [-0.05, 0) is 48.7 Å². The number of carboxylic acid groups (broad SMARTS) is 1. The molecule has 0 bridgehead atoms. The second kappa shape index (κ2) is 10.1. The second-order valence-electron chi connectivity index (χ2n) is 7.23. The quantitative estimate of drug-likeness (QED) is 0.329. The zero-order valence-electron chi connectivity index (χ0n) is 17.2. The molecule has 0 saturated carbocycles. The first kappa shape index (κ1) is 23.0. The van der Waals surface area contributed by atoms with Crippen LogP contribution in [0, 0.1) is 0 Å². The molecule has 3 aromatic rings. The van der Waals surface area contributed by atoms with E-state index in [0.717, 1.165) is 22.5 Å². The van der Waals surface area contributed by atoms with Gasteiger partial charge < -0.3 is 26.0 Å². The van der Waals surface area contributed by atoms with Crippen molar-refractivity contribution in [3.05, 3.63) is 74.2 Å². The van der Waals surface area contributed by atoms with Gasteiger partial charge in [0.05, 0.1) is 10.9 Å². The number of carboxylic acids is 1. The van der Waals surface area contributed by atoms with E-state index in [4.69, 9.17) is 15.6 Å². The number of aliphatic carboxylic acids is 1. The Morgan fingerprint density at radius 1 is 1.09 bits per heavy atom. The standard InChI is InChI=1S/C22H23N3O6S/c1-12(21(28)29)24-19(26)17(23)10-13-2-6-15(7-3-13)31-16-8-4-14(5-9-16)11-18-20(27)25-22(30)32-18/h2-9,12,17,27H,10-11,23H2,1H3,(H,24,26)(H,25,30)(H,28,29). The van der Waals surface area contributed by atoms with Crippen LogP contribution in [0.3, 0.4) is 0 Å². The zero-order chi connectivity index (χ0) is 23.3. The molecule has 1 heterocycles. The highest BCUT2D eigenvalue weighted by atomic mass is 32.1. The topological polar surface area (TPSA) is 155 Å². The molecular weight excluding hydrogens is 434 g/mol. The number of hydrogen-bond donors (Lipinski definition) is 5. The lowest BCUT2D eigenvalue weighted by molar-refractivity contribution is -0.141. The van der Waals surface area contributed by atoms with Gasteiger partial charge in [0.15, 0.2) is 0 Å². The van der Waals surface area contributed by atoms with Crippen molar-refractivity contribution in [3.63, 3.8) is 0 Å². The molecule has 6 N–H and O–H groups in total. The number of aromatic amines is 1. The van der Waals surface area contributed by atoms with Crippen molar-refractivity contribution < 1.29 is 24.5 Å². The number of carbonyl (C=O) groups is 2. The van der Waals surface area contributed by atoms with Crippen molar-refractivity contribution in [2.75, 3.05) is 0 Å². The molecule has 0 spiro atoms. The van der Waals surface area contributed by atoms with Crippen LogP contribution in [0.25, 0.3) is 0 Å². The van der Waals surface area contributed by atoms with E-state index in [1.807, 2.05) is 12.1 Å². The van der Waals surface area contributed by atoms with Gasteiger partial charge in [0.2, 0.25) is 11.8 Å². The van der Waals surface area contributed by atoms with Gasteiger partial charge in [0.1, 0.15) is 17.5 Å². The van der Waals surface area contributed by atoms with Gasteiger partial charge in [-0.1, -0.05) is 35.6 Å². The Bertz CT molecular complexity index is 1140. The third-order valence-corrected chi connectivity index (χ3v) is 5.54. The summed E-state index contributed by atoms with van der Waals surface area (Å²) in [6.07, 6.45) is 0.689. The number of thiazole rings is 1. The Labute approximate surface area is 187 Å². The van der Waals surface area contributed by atoms with Crippen LogP contribution < -0.4 is 20.7 Å². The van der Waals surface area contributed by atoms with Crippen molar-refractivity contribution in [1.29, 1.82) is 0 Å². The molecule has 0 radical (unpaired) electrons. The third kappa shape index (κ3) is 6.19. The Kier molecular flexibility index (Phi) is 7.29. The monoisotopic (exact) mass is 457 g/mol. The van der Waals surface area contributed by atoms with Gasteiger partial charge in [0.25, 0.3) is 0 Å². The molecule has 0 fully saturated rings. The summed E-state index contributed by atoms with van der Waals surface area (Å²) in [4.78, 5) is 36.7. The molecule has 3 rings (SSSR count). The van der Waals surface area contributed by atoms with Gasteiger partial charge in [-0.15, -0.1) is 0 Å². The lowest BCUT2D eigenvalue weighted by atomic mass is 10.1. The van der Waals surface area contributed by atoms with E-state index in [2.05, 4.69) is 10.3 Å². The summed E-state index contributed by atoms with van der Waals surface area (Å²) in [5, 5.41) is 20.9. The van der Waals surface area contributed by atoms with Crippen LogP contribution in [0.15, 0.2) is 53.3 Å². The van der Waals surface area contributed by atoms with Crippen molar-refractivity contribution in [1.82, 2.24) is 10.3 Å². The minimum atomic E-state index is -1.13. The van der Waals surface area contributed by atoms with E-state index in [-0.39, 0.29) is 17.2 Å². The summed E-state index contributed by atoms with van der Waals surface area (Å²) >= 11 is 0.975. The number of aromatic hydroxyl groups is 1. The van der Waals surface area contributed by atoms with Crippen molar-refractivity contribution in [2.24, 2.45) is 5.73 Å². The molecule has 2 aromatic carbocycles. The average molecular weight is 458 g/mol. The summed E-state index contributed by atoms with van der Waals surface area (Å²) in [6, 6.07) is 12.5. The molecule has 10 heteroatoms. The summed E-state index contributed by atoms with van der Waals surface area (Å²) in [5.74, 6) is -0.540. The number of ether oxygens (including phenoxy) is 1. The predicted molar refractivity (Wildman–Crippen MR) is 119 cm³/mol. The van der Waals surface area contributed by atoms with E-state index in [1.54, 1.807) is 36.4 Å². The minimum absolute atomic E-state index is 0.103. The molecule has 9 nitrogen and oxygen atoms in total. The lowest BCUT2D eigenvalue weighted by Gasteiger charge is -2.15. The number of nitrogens with two attached hydrogens (primary N) is 1. The maximum Gasteiger partial charge on any atom is 0.325 e. The normalized spacial score (nSPS) is 12.7. The highest BCUT2D eigenvalue weighted by molar-refractivity contribution is 7.09. The predicted octanol–water partition coefficient (Wildman–Crippen LogP) is 1.98. The second-order valence-corrected chi connectivity index (χ2v) is 8.30. The van der Waals surface area contributed by atoms with Crippen LogP contribution in [0.2, 0.25) is 0 Å². The molecule has 0 aliphatic carbocycles. The van der Waals surface area contributed by atoms with E-state index in [0.29, 0.717) is 22.8 Å². The number of benzene rings is 2. The third-order valence-electron chi connectivity index (χ3n) is 4.67. The number of H-pyrrole nitrogens is 1. The smallest absolute Gasteiger partial charge is 0.325 e. The Hall–Kier alpha value is -3.63. The molecule has 168 valence electrons. The summed E-state index contributed by atoms with van der Waals surface area (Å²) in [6.45, 7) is 1.37. The first-order chi connectivity index (χ1) is 15.2. The van der Waals surface area contributed by atoms with E-state index in [1.165, 1.54) is 6.92 Å². The summed E-state index contributed by atoms with van der Waals surface area (Å²) < 4.78 is 5.82. The molecular formula is C22H23N3O6S. The van der Waals surface area contributed by atoms with Gasteiger partial charge in [-0.3, -0.25) is 19.4 Å². The number of amides is 1. The largest absolute Gasteiger partial charge is 0.494 e. The molecule has 0 aliphatic heterocycles. The van der Waals surface area contributed by atoms with Crippen LogP contribution in [-0.4, -0.2) is 39.2 Å². The number of rotatable bonds is 9. The van der Waals surface area contributed by atoms with Crippen molar-refractivity contribution >= 4 is 23.2 Å². The van der Waals surface area contributed by atoms with Gasteiger partial charge in [-0.2, -0.15) is 0 Å². The number of hydrogen-bond acceptors (Lipinski definition) is 7. The first-order valence-corrected chi connectivity index (χ1v) is 10.6. The van der Waals surface area contributed by atoms with E-state index >= 15 is 0 Å². The number of carbonyl (C=O) groups excluding carboxylic acids is 1. The van der Waals surface area contributed by atoms with Gasteiger partial charge in [0, 0.05) is 6.42 Å². The fourth-order valence-corrected chi connectivity index (χ4v) is 3.65. The van der Waals surface area contributed by atoms with Crippen molar-refractivity contribution in [2.45, 2.75) is 31.8 Å². The van der Waals surface area contributed by atoms with E-state index < -0.39 is 24.0 Å². The van der Waals surface area contributed by atoms with Crippen molar-refractivity contribution in [3.8, 4) is 17.4 Å². The number of nitrogens with one attached hydrogen (secondary N) is 2. The van der Waals surface area contributed by atoms with Crippen LogP contribution in [0.5, 0.6) is 17.4 Å². The summed E-state index contributed by atoms with van der Waals surface area (Å²) in [5.41, 5.74) is 7.60. The molecule has 32 heavy (non-hydrogen) atoms. The first-order valence-electron chi connectivity index (χ1n) is 9.76. The fraction of sp³-hybridized carbons (Fsp3) is 0.227. The summed E-state index contributed by atoms with van der Waals surface area (Å²) in [7, 11) is 0. The van der Waals surface area contributed by atoms with Gasteiger partial charge in [-0.25, -0.2) is 0 Å². The van der Waals surface area contributed by atoms with Crippen LogP contribution in [0.4, 0.5) is 0 Å².